The van der Waals surface area contributed by atoms with Crippen LogP contribution in [0.1, 0.15) is 36.7 Å². The maximum atomic E-state index is 12.7. The molecular formula is C14H19N5O. The average Bonchev–Trinajstić information content (AvgIpc) is 2.90. The Morgan fingerprint density at radius 3 is 3.10 bits per heavy atom. The third kappa shape index (κ3) is 2.27. The largest absolute Gasteiger partial charge is 0.333 e. The molecule has 1 fully saturated rings. The zero-order valence-electron chi connectivity index (χ0n) is 11.6. The fourth-order valence-electron chi connectivity index (χ4n) is 2.84. The lowest BCUT2D eigenvalue weighted by molar-refractivity contribution is 0.0578. The third-order valence-corrected chi connectivity index (χ3v) is 3.87. The number of piperidine rings is 1. The molecule has 0 aliphatic carbocycles. The summed E-state index contributed by atoms with van der Waals surface area (Å²) in [4.78, 5) is 23.0. The van der Waals surface area contributed by atoms with Crippen LogP contribution in [0.3, 0.4) is 0 Å². The number of imidazole rings is 1. The van der Waals surface area contributed by atoms with E-state index in [1.807, 2.05) is 24.1 Å². The molecule has 2 N–H and O–H groups in total. The zero-order valence-corrected chi connectivity index (χ0v) is 11.6. The summed E-state index contributed by atoms with van der Waals surface area (Å²) in [7, 11) is 0. The lowest BCUT2D eigenvalue weighted by Gasteiger charge is -2.37. The lowest BCUT2D eigenvalue weighted by Crippen LogP contribution is -2.51. The normalized spacial score (nSPS) is 21.1. The third-order valence-electron chi connectivity index (χ3n) is 3.87. The van der Waals surface area contributed by atoms with E-state index in [0.29, 0.717) is 11.5 Å². The van der Waals surface area contributed by atoms with Crippen molar-refractivity contribution in [1.29, 1.82) is 0 Å². The van der Waals surface area contributed by atoms with E-state index in [0.717, 1.165) is 25.8 Å². The number of nitrogens with zero attached hydrogens (tertiary/aromatic N) is 4. The molecule has 6 heteroatoms. The van der Waals surface area contributed by atoms with Crippen molar-refractivity contribution in [2.24, 2.45) is 5.73 Å². The van der Waals surface area contributed by atoms with Crippen molar-refractivity contribution in [2.45, 2.75) is 38.3 Å². The van der Waals surface area contributed by atoms with Crippen LogP contribution < -0.4 is 5.73 Å². The van der Waals surface area contributed by atoms with E-state index in [4.69, 9.17) is 5.73 Å². The molecule has 2 atom stereocenters. The average molecular weight is 273 g/mol. The molecule has 0 radical (unpaired) electrons. The van der Waals surface area contributed by atoms with Gasteiger partial charge in [-0.15, -0.1) is 0 Å². The quantitative estimate of drug-likeness (QED) is 0.888. The number of carbonyl (C=O) groups excluding carboxylic acids is 1. The second kappa shape index (κ2) is 5.20. The minimum Gasteiger partial charge on any atom is -0.333 e. The first-order chi connectivity index (χ1) is 9.66. The Bertz CT molecular complexity index is 588. The highest BCUT2D eigenvalue weighted by Crippen LogP contribution is 2.21. The molecule has 0 spiro atoms. The minimum absolute atomic E-state index is 0.0191. The van der Waals surface area contributed by atoms with Crippen molar-refractivity contribution >= 4 is 11.7 Å². The molecule has 0 saturated carbocycles. The summed E-state index contributed by atoms with van der Waals surface area (Å²) < 4.78 is 1.76. The molecule has 2 aromatic rings. The van der Waals surface area contributed by atoms with Gasteiger partial charge >= 0.3 is 0 Å². The smallest absolute Gasteiger partial charge is 0.274 e. The van der Waals surface area contributed by atoms with E-state index >= 15 is 0 Å². The molecule has 1 saturated heterocycles. The molecule has 0 aromatic carbocycles. The topological polar surface area (TPSA) is 76.5 Å². The Hall–Kier alpha value is -1.95. The molecule has 3 rings (SSSR count). The second-order valence-corrected chi connectivity index (χ2v) is 5.37. The highest BCUT2D eigenvalue weighted by atomic mass is 16.2. The van der Waals surface area contributed by atoms with Crippen molar-refractivity contribution in [3.8, 4) is 0 Å². The van der Waals surface area contributed by atoms with Gasteiger partial charge < -0.3 is 10.6 Å². The van der Waals surface area contributed by atoms with Gasteiger partial charge in [0, 0.05) is 37.2 Å². The predicted molar refractivity (Wildman–Crippen MR) is 75.3 cm³/mol. The number of hydrogen-bond donors (Lipinski definition) is 1. The van der Waals surface area contributed by atoms with Crippen molar-refractivity contribution < 1.29 is 4.79 Å². The van der Waals surface area contributed by atoms with Gasteiger partial charge in [0.1, 0.15) is 5.69 Å². The van der Waals surface area contributed by atoms with E-state index in [1.54, 1.807) is 16.8 Å². The van der Waals surface area contributed by atoms with Crippen LogP contribution >= 0.6 is 0 Å². The van der Waals surface area contributed by atoms with Crippen LogP contribution in [0.15, 0.2) is 24.7 Å². The van der Waals surface area contributed by atoms with Crippen molar-refractivity contribution in [3.63, 3.8) is 0 Å². The number of nitrogens with two attached hydrogens (primary N) is 1. The fourth-order valence-corrected chi connectivity index (χ4v) is 2.84. The summed E-state index contributed by atoms with van der Waals surface area (Å²) in [6, 6.07) is 1.90. The molecule has 106 valence electrons. The van der Waals surface area contributed by atoms with Crippen LogP contribution in [-0.4, -0.2) is 43.8 Å². The highest BCUT2D eigenvalue weighted by molar-refractivity contribution is 5.93. The fraction of sp³-hybridized carbons (Fsp3) is 0.500. The zero-order chi connectivity index (χ0) is 14.1. The maximum Gasteiger partial charge on any atom is 0.274 e. The summed E-state index contributed by atoms with van der Waals surface area (Å²) in [5.74, 6) is 0.503. The first-order valence-electron chi connectivity index (χ1n) is 7.03. The number of aromatic nitrogens is 3. The first-order valence-corrected chi connectivity index (χ1v) is 7.03. The molecule has 0 bridgehead atoms. The molecular weight excluding hydrogens is 254 g/mol. The summed E-state index contributed by atoms with van der Waals surface area (Å²) in [5, 5.41) is 0. The van der Waals surface area contributed by atoms with Gasteiger partial charge in [-0.3, -0.25) is 9.20 Å². The molecule has 1 aliphatic rings. The Labute approximate surface area is 117 Å². The van der Waals surface area contributed by atoms with E-state index in [1.165, 1.54) is 0 Å². The van der Waals surface area contributed by atoms with Gasteiger partial charge in [-0.25, -0.2) is 9.97 Å². The van der Waals surface area contributed by atoms with E-state index in [9.17, 15) is 4.79 Å². The molecule has 1 amide bonds. The number of likely N-dealkylation sites (tertiary alicyclic amines) is 1. The van der Waals surface area contributed by atoms with Crippen LogP contribution in [0, 0.1) is 0 Å². The maximum absolute atomic E-state index is 12.7. The molecule has 1 aliphatic heterocycles. The van der Waals surface area contributed by atoms with E-state index in [-0.39, 0.29) is 18.0 Å². The van der Waals surface area contributed by atoms with Crippen molar-refractivity contribution in [1.82, 2.24) is 19.3 Å². The summed E-state index contributed by atoms with van der Waals surface area (Å²) in [6.45, 7) is 2.72. The first kappa shape index (κ1) is 13.1. The van der Waals surface area contributed by atoms with Crippen LogP contribution in [-0.2, 0) is 0 Å². The van der Waals surface area contributed by atoms with E-state index < -0.39 is 0 Å². The summed E-state index contributed by atoms with van der Waals surface area (Å²) in [5.41, 5.74) is 6.46. The molecule has 3 heterocycles. The summed E-state index contributed by atoms with van der Waals surface area (Å²) in [6.07, 6.45) is 8.36. The van der Waals surface area contributed by atoms with Gasteiger partial charge in [-0.1, -0.05) is 0 Å². The number of carbonyl (C=O) groups is 1. The Morgan fingerprint density at radius 2 is 2.35 bits per heavy atom. The number of rotatable bonds is 2. The molecule has 6 nitrogen and oxygen atoms in total. The second-order valence-electron chi connectivity index (χ2n) is 5.37. The number of amides is 1. The number of hydrogen-bond acceptors (Lipinski definition) is 4. The standard InChI is InChI=1S/C14H19N5O/c1-10(15)12-5-2-3-8-19(12)13(20)11-9-18-7-4-6-16-14(18)17-11/h4,6-7,9-10,12H,2-3,5,8,15H2,1H3/t10-,12+/m1/s1. The van der Waals surface area contributed by atoms with Gasteiger partial charge in [0.05, 0.1) is 0 Å². The molecule has 20 heavy (non-hydrogen) atoms. The molecule has 2 aromatic heterocycles. The van der Waals surface area contributed by atoms with Gasteiger partial charge in [0.2, 0.25) is 5.78 Å². The highest BCUT2D eigenvalue weighted by Gasteiger charge is 2.30. The van der Waals surface area contributed by atoms with Crippen LogP contribution in [0.4, 0.5) is 0 Å². The minimum atomic E-state index is -0.0440. The van der Waals surface area contributed by atoms with Crippen molar-refractivity contribution in [3.05, 3.63) is 30.4 Å². The van der Waals surface area contributed by atoms with Gasteiger partial charge in [-0.05, 0) is 32.3 Å². The Kier molecular flexibility index (Phi) is 3.40. The van der Waals surface area contributed by atoms with Gasteiger partial charge in [-0.2, -0.15) is 0 Å². The van der Waals surface area contributed by atoms with Crippen LogP contribution in [0.2, 0.25) is 0 Å². The van der Waals surface area contributed by atoms with Crippen LogP contribution in [0.25, 0.3) is 5.78 Å². The van der Waals surface area contributed by atoms with Crippen molar-refractivity contribution in [2.75, 3.05) is 6.54 Å². The number of fused-ring (bicyclic) bond motifs is 1. The Balaban J connectivity index is 1.90. The lowest BCUT2D eigenvalue weighted by atomic mass is 9.96. The van der Waals surface area contributed by atoms with Crippen LogP contribution in [0.5, 0.6) is 0 Å². The molecule has 0 unspecified atom stereocenters. The predicted octanol–water partition coefficient (Wildman–Crippen LogP) is 1.07. The Morgan fingerprint density at radius 1 is 1.50 bits per heavy atom. The van der Waals surface area contributed by atoms with E-state index in [2.05, 4.69) is 9.97 Å². The summed E-state index contributed by atoms with van der Waals surface area (Å²) >= 11 is 0. The monoisotopic (exact) mass is 273 g/mol. The SMILES string of the molecule is C[C@@H](N)[C@@H]1CCCCN1C(=O)c1cn2cccnc2n1. The van der Waals surface area contributed by atoms with Gasteiger partial charge in [0.25, 0.3) is 5.91 Å². The van der Waals surface area contributed by atoms with Gasteiger partial charge in [0.15, 0.2) is 0 Å².